The van der Waals surface area contributed by atoms with E-state index in [2.05, 4.69) is 22.8 Å². The van der Waals surface area contributed by atoms with E-state index >= 15 is 0 Å². The molecule has 1 aliphatic rings. The molecule has 0 spiro atoms. The van der Waals surface area contributed by atoms with Crippen LogP contribution in [0.4, 0.5) is 14.9 Å². The lowest BCUT2D eigenvalue weighted by Crippen LogP contribution is -2.32. The third-order valence-electron chi connectivity index (χ3n) is 4.06. The molecule has 2 aromatic rings. The summed E-state index contributed by atoms with van der Waals surface area (Å²) in [5.74, 6) is 0.450. The monoisotopic (exact) mass is 328 g/mol. The van der Waals surface area contributed by atoms with Gasteiger partial charge in [-0.3, -0.25) is 0 Å². The van der Waals surface area contributed by atoms with Crippen molar-refractivity contribution in [3.8, 4) is 5.75 Å². The number of carbonyl (C=O) groups excluding carboxylic acids is 1. The van der Waals surface area contributed by atoms with Crippen molar-refractivity contribution in [1.29, 1.82) is 0 Å². The molecule has 0 heterocycles. The number of benzene rings is 2. The lowest BCUT2D eigenvalue weighted by atomic mass is 9.92. The van der Waals surface area contributed by atoms with Gasteiger partial charge < -0.3 is 15.4 Å². The van der Waals surface area contributed by atoms with E-state index in [9.17, 15) is 9.18 Å². The fraction of sp³-hybridized carbons (Fsp3) is 0.316. The predicted octanol–water partition coefficient (Wildman–Crippen LogP) is 3.91. The molecule has 0 saturated heterocycles. The van der Waals surface area contributed by atoms with Crippen molar-refractivity contribution in [2.75, 3.05) is 18.5 Å². The van der Waals surface area contributed by atoms with E-state index in [0.717, 1.165) is 18.6 Å². The van der Waals surface area contributed by atoms with Gasteiger partial charge in [0.15, 0.2) is 0 Å². The molecule has 2 aromatic carbocycles. The maximum Gasteiger partial charge on any atom is 0.319 e. The predicted molar refractivity (Wildman–Crippen MR) is 92.0 cm³/mol. The molecule has 24 heavy (non-hydrogen) atoms. The summed E-state index contributed by atoms with van der Waals surface area (Å²) in [7, 11) is 0. The minimum Gasteiger partial charge on any atom is -0.492 e. The van der Waals surface area contributed by atoms with Crippen LogP contribution in [0.2, 0.25) is 0 Å². The molecular formula is C19H21FN2O2. The van der Waals surface area contributed by atoms with Crippen molar-refractivity contribution >= 4 is 11.7 Å². The molecule has 0 saturated carbocycles. The molecule has 4 nitrogen and oxygen atoms in total. The number of hydrogen-bond donors (Lipinski definition) is 2. The molecule has 3 rings (SSSR count). The van der Waals surface area contributed by atoms with Gasteiger partial charge >= 0.3 is 6.03 Å². The molecule has 2 N–H and O–H groups in total. The third kappa shape index (κ3) is 4.47. The summed E-state index contributed by atoms with van der Waals surface area (Å²) in [6, 6.07) is 11.6. The fourth-order valence-corrected chi connectivity index (χ4v) is 2.87. The van der Waals surface area contributed by atoms with Crippen LogP contribution in [-0.4, -0.2) is 19.2 Å². The number of halogens is 1. The Hall–Kier alpha value is -2.56. The van der Waals surface area contributed by atoms with E-state index in [1.54, 1.807) is 12.1 Å². The maximum absolute atomic E-state index is 13.0. The van der Waals surface area contributed by atoms with Crippen LogP contribution in [0.1, 0.15) is 24.0 Å². The molecule has 1 aliphatic carbocycles. The van der Waals surface area contributed by atoms with Gasteiger partial charge in [0.05, 0.1) is 6.54 Å². The highest BCUT2D eigenvalue weighted by atomic mass is 19.1. The number of fused-ring (bicyclic) bond motifs is 1. The van der Waals surface area contributed by atoms with Crippen LogP contribution in [0.5, 0.6) is 5.75 Å². The molecule has 0 radical (unpaired) electrons. The number of rotatable bonds is 5. The molecule has 0 fully saturated rings. The standard InChI is InChI=1S/C19H21FN2O2/c20-16-6-3-7-17(13-16)22-19(23)21-10-11-24-18-9-8-14-4-1-2-5-15(14)12-18/h3,6-9,12-13H,1-2,4-5,10-11H2,(H2,21,22,23). The van der Waals surface area contributed by atoms with Gasteiger partial charge in [-0.05, 0) is 67.1 Å². The van der Waals surface area contributed by atoms with E-state index in [1.165, 1.54) is 36.1 Å². The van der Waals surface area contributed by atoms with Crippen molar-refractivity contribution in [2.45, 2.75) is 25.7 Å². The van der Waals surface area contributed by atoms with Gasteiger partial charge in [0.1, 0.15) is 18.2 Å². The Labute approximate surface area is 141 Å². The van der Waals surface area contributed by atoms with Gasteiger partial charge in [0.25, 0.3) is 0 Å². The van der Waals surface area contributed by atoms with Gasteiger partial charge in [-0.15, -0.1) is 0 Å². The number of carbonyl (C=O) groups is 1. The average molecular weight is 328 g/mol. The average Bonchev–Trinajstić information content (AvgIpc) is 2.58. The van der Waals surface area contributed by atoms with Crippen LogP contribution in [0.25, 0.3) is 0 Å². The SMILES string of the molecule is O=C(NCCOc1ccc2c(c1)CCCC2)Nc1cccc(F)c1. The summed E-state index contributed by atoms with van der Waals surface area (Å²) in [5.41, 5.74) is 3.21. The van der Waals surface area contributed by atoms with Crippen molar-refractivity contribution in [3.63, 3.8) is 0 Å². The van der Waals surface area contributed by atoms with Crippen molar-refractivity contribution in [1.82, 2.24) is 5.32 Å². The van der Waals surface area contributed by atoms with Crippen LogP contribution in [-0.2, 0) is 12.8 Å². The van der Waals surface area contributed by atoms with Crippen LogP contribution >= 0.6 is 0 Å². The van der Waals surface area contributed by atoms with Crippen molar-refractivity contribution < 1.29 is 13.9 Å². The van der Waals surface area contributed by atoms with Gasteiger partial charge in [-0.1, -0.05) is 12.1 Å². The molecule has 5 heteroatoms. The molecule has 0 bridgehead atoms. The topological polar surface area (TPSA) is 50.4 Å². The number of aryl methyl sites for hydroxylation is 2. The summed E-state index contributed by atoms with van der Waals surface area (Å²) >= 11 is 0. The first kappa shape index (κ1) is 16.3. The van der Waals surface area contributed by atoms with Crippen LogP contribution in [0.3, 0.4) is 0 Å². The van der Waals surface area contributed by atoms with Crippen molar-refractivity contribution in [3.05, 3.63) is 59.4 Å². The zero-order valence-corrected chi connectivity index (χ0v) is 13.5. The van der Waals surface area contributed by atoms with Gasteiger partial charge in [0, 0.05) is 5.69 Å². The number of anilines is 1. The lowest BCUT2D eigenvalue weighted by Gasteiger charge is -2.17. The number of amides is 2. The number of ether oxygens (including phenoxy) is 1. The van der Waals surface area contributed by atoms with Crippen molar-refractivity contribution in [2.24, 2.45) is 0 Å². The summed E-state index contributed by atoms with van der Waals surface area (Å²) in [6.07, 6.45) is 4.76. The molecule has 2 amide bonds. The smallest absolute Gasteiger partial charge is 0.319 e. The summed E-state index contributed by atoms with van der Waals surface area (Å²) in [5, 5.41) is 5.26. The van der Waals surface area contributed by atoms with E-state index in [0.29, 0.717) is 18.8 Å². The summed E-state index contributed by atoms with van der Waals surface area (Å²) < 4.78 is 18.7. The van der Waals surface area contributed by atoms with Gasteiger partial charge in [0.2, 0.25) is 0 Å². The van der Waals surface area contributed by atoms with E-state index in [4.69, 9.17) is 4.74 Å². The highest BCUT2D eigenvalue weighted by Crippen LogP contribution is 2.25. The number of hydrogen-bond acceptors (Lipinski definition) is 2. The highest BCUT2D eigenvalue weighted by Gasteiger charge is 2.10. The van der Waals surface area contributed by atoms with Gasteiger partial charge in [-0.25, -0.2) is 9.18 Å². The summed E-state index contributed by atoms with van der Waals surface area (Å²) in [4.78, 5) is 11.7. The van der Waals surface area contributed by atoms with Crippen LogP contribution < -0.4 is 15.4 Å². The molecule has 0 aliphatic heterocycles. The summed E-state index contributed by atoms with van der Waals surface area (Å²) in [6.45, 7) is 0.758. The normalized spacial score (nSPS) is 13.0. The first-order valence-electron chi connectivity index (χ1n) is 8.26. The Balaban J connectivity index is 1.41. The zero-order chi connectivity index (χ0) is 16.8. The number of nitrogens with one attached hydrogen (secondary N) is 2. The van der Waals surface area contributed by atoms with E-state index in [-0.39, 0.29) is 11.8 Å². The molecule has 126 valence electrons. The maximum atomic E-state index is 13.0. The second kappa shape index (κ2) is 7.81. The second-order valence-corrected chi connectivity index (χ2v) is 5.88. The molecule has 0 aromatic heterocycles. The highest BCUT2D eigenvalue weighted by molar-refractivity contribution is 5.89. The Kier molecular flexibility index (Phi) is 5.31. The Morgan fingerprint density at radius 3 is 2.75 bits per heavy atom. The fourth-order valence-electron chi connectivity index (χ4n) is 2.87. The molecular weight excluding hydrogens is 307 g/mol. The Morgan fingerprint density at radius 2 is 1.92 bits per heavy atom. The first-order chi connectivity index (χ1) is 11.7. The quantitative estimate of drug-likeness (QED) is 0.818. The first-order valence-corrected chi connectivity index (χ1v) is 8.26. The third-order valence-corrected chi connectivity index (χ3v) is 4.06. The van der Waals surface area contributed by atoms with E-state index < -0.39 is 0 Å². The largest absolute Gasteiger partial charge is 0.492 e. The Bertz CT molecular complexity index is 718. The van der Waals surface area contributed by atoms with Crippen LogP contribution in [0.15, 0.2) is 42.5 Å². The minimum absolute atomic E-state index is 0.373. The van der Waals surface area contributed by atoms with Crippen LogP contribution in [0, 0.1) is 5.82 Å². The Morgan fingerprint density at radius 1 is 1.08 bits per heavy atom. The number of urea groups is 1. The minimum atomic E-state index is -0.386. The lowest BCUT2D eigenvalue weighted by molar-refractivity contribution is 0.247. The molecule has 0 atom stereocenters. The zero-order valence-electron chi connectivity index (χ0n) is 13.5. The second-order valence-electron chi connectivity index (χ2n) is 5.88. The van der Waals surface area contributed by atoms with E-state index in [1.807, 2.05) is 6.07 Å². The molecule has 0 unspecified atom stereocenters. The van der Waals surface area contributed by atoms with Gasteiger partial charge in [-0.2, -0.15) is 0 Å².